The van der Waals surface area contributed by atoms with Gasteiger partial charge in [-0.1, -0.05) is 0 Å². The van der Waals surface area contributed by atoms with E-state index in [1.54, 1.807) is 12.3 Å². The third-order valence-electron chi connectivity index (χ3n) is 2.01. The highest BCUT2D eigenvalue weighted by molar-refractivity contribution is 7.90. The topological polar surface area (TPSA) is 76.3 Å². The van der Waals surface area contributed by atoms with E-state index in [-0.39, 0.29) is 5.75 Å². The monoisotopic (exact) mass is 229 g/mol. The molecule has 15 heavy (non-hydrogen) atoms. The molecule has 0 aliphatic heterocycles. The first-order chi connectivity index (χ1) is 6.88. The third-order valence-corrected chi connectivity index (χ3v) is 2.93. The number of anilines is 2. The second kappa shape index (κ2) is 4.48. The fourth-order valence-corrected chi connectivity index (χ4v) is 1.66. The van der Waals surface area contributed by atoms with Crippen molar-refractivity contribution < 1.29 is 8.42 Å². The molecule has 0 aromatic carbocycles. The van der Waals surface area contributed by atoms with E-state index >= 15 is 0 Å². The number of hydrogen-bond donors (Lipinski definition) is 1. The molecule has 0 radical (unpaired) electrons. The first-order valence-corrected chi connectivity index (χ1v) is 6.55. The van der Waals surface area contributed by atoms with Crippen molar-refractivity contribution in [3.63, 3.8) is 0 Å². The van der Waals surface area contributed by atoms with Crippen LogP contribution in [0.15, 0.2) is 18.3 Å². The van der Waals surface area contributed by atoms with Gasteiger partial charge in [0, 0.05) is 19.8 Å². The second-order valence-electron chi connectivity index (χ2n) is 3.49. The SMILES string of the molecule is CN(CCS(C)(=O)=O)c1ccc(N)nc1. The van der Waals surface area contributed by atoms with Crippen LogP contribution in [0.5, 0.6) is 0 Å². The zero-order chi connectivity index (χ0) is 11.5. The summed E-state index contributed by atoms with van der Waals surface area (Å²) in [7, 11) is -1.10. The summed E-state index contributed by atoms with van der Waals surface area (Å²) in [5, 5.41) is 0. The minimum atomic E-state index is -2.92. The molecule has 5 nitrogen and oxygen atoms in total. The van der Waals surface area contributed by atoms with Crippen molar-refractivity contribution in [3.8, 4) is 0 Å². The lowest BCUT2D eigenvalue weighted by atomic mass is 10.4. The van der Waals surface area contributed by atoms with E-state index in [0.29, 0.717) is 12.4 Å². The van der Waals surface area contributed by atoms with Crippen molar-refractivity contribution in [2.45, 2.75) is 0 Å². The lowest BCUT2D eigenvalue weighted by Crippen LogP contribution is -2.24. The number of nitrogens with zero attached hydrogens (tertiary/aromatic N) is 2. The Kier molecular flexibility index (Phi) is 3.52. The van der Waals surface area contributed by atoms with Crippen molar-refractivity contribution in [2.24, 2.45) is 0 Å². The van der Waals surface area contributed by atoms with E-state index in [4.69, 9.17) is 5.73 Å². The summed E-state index contributed by atoms with van der Waals surface area (Å²) in [6.45, 7) is 0.449. The number of pyridine rings is 1. The van der Waals surface area contributed by atoms with Gasteiger partial charge in [-0.05, 0) is 12.1 Å². The number of sulfone groups is 1. The highest BCUT2D eigenvalue weighted by Crippen LogP contribution is 2.11. The molecule has 0 atom stereocenters. The molecule has 0 saturated carbocycles. The molecule has 0 saturated heterocycles. The Labute approximate surface area is 89.8 Å². The van der Waals surface area contributed by atoms with Crippen LogP contribution >= 0.6 is 0 Å². The van der Waals surface area contributed by atoms with Crippen LogP contribution in [0, 0.1) is 0 Å². The Balaban J connectivity index is 2.61. The van der Waals surface area contributed by atoms with E-state index in [9.17, 15) is 8.42 Å². The first-order valence-electron chi connectivity index (χ1n) is 4.49. The standard InChI is InChI=1S/C9H15N3O2S/c1-12(5-6-15(2,13)14)8-3-4-9(10)11-7-8/h3-4,7H,5-6H2,1-2H3,(H2,10,11). The molecule has 84 valence electrons. The maximum atomic E-state index is 11.0. The molecule has 1 aromatic rings. The number of rotatable bonds is 4. The highest BCUT2D eigenvalue weighted by Gasteiger charge is 2.06. The Morgan fingerprint density at radius 2 is 2.13 bits per heavy atom. The van der Waals surface area contributed by atoms with Crippen LogP contribution in [0.3, 0.4) is 0 Å². The van der Waals surface area contributed by atoms with E-state index < -0.39 is 9.84 Å². The third kappa shape index (κ3) is 4.16. The Hall–Kier alpha value is -1.30. The molecule has 1 rings (SSSR count). The van der Waals surface area contributed by atoms with Crippen molar-refractivity contribution in [1.29, 1.82) is 0 Å². The van der Waals surface area contributed by atoms with Gasteiger partial charge < -0.3 is 10.6 Å². The molecular weight excluding hydrogens is 214 g/mol. The van der Waals surface area contributed by atoms with Crippen LogP contribution in [-0.2, 0) is 9.84 Å². The van der Waals surface area contributed by atoms with Crippen LogP contribution in [0.1, 0.15) is 0 Å². The van der Waals surface area contributed by atoms with Gasteiger partial charge in [0.25, 0.3) is 0 Å². The molecule has 0 aliphatic carbocycles. The van der Waals surface area contributed by atoms with Crippen molar-refractivity contribution in [1.82, 2.24) is 4.98 Å². The summed E-state index contributed by atoms with van der Waals surface area (Å²) in [6.07, 6.45) is 2.85. The van der Waals surface area contributed by atoms with Gasteiger partial charge in [-0.3, -0.25) is 0 Å². The number of nitrogens with two attached hydrogens (primary N) is 1. The summed E-state index contributed by atoms with van der Waals surface area (Å²) < 4.78 is 21.9. The van der Waals surface area contributed by atoms with E-state index in [1.807, 2.05) is 18.0 Å². The Morgan fingerprint density at radius 3 is 2.60 bits per heavy atom. The van der Waals surface area contributed by atoms with Crippen molar-refractivity contribution in [3.05, 3.63) is 18.3 Å². The minimum absolute atomic E-state index is 0.133. The predicted octanol–water partition coefficient (Wildman–Crippen LogP) is 0.145. The van der Waals surface area contributed by atoms with Gasteiger partial charge in [0.15, 0.2) is 0 Å². The molecule has 1 aromatic heterocycles. The zero-order valence-corrected chi connectivity index (χ0v) is 9.66. The van der Waals surface area contributed by atoms with Crippen LogP contribution in [-0.4, -0.2) is 39.0 Å². The summed E-state index contributed by atoms with van der Waals surface area (Å²) in [5.41, 5.74) is 6.30. The maximum absolute atomic E-state index is 11.0. The van der Waals surface area contributed by atoms with Crippen LogP contribution < -0.4 is 10.6 Å². The summed E-state index contributed by atoms with van der Waals surface area (Å²) in [4.78, 5) is 5.76. The van der Waals surface area contributed by atoms with Gasteiger partial charge in [0.2, 0.25) is 0 Å². The van der Waals surface area contributed by atoms with Gasteiger partial charge in [0.05, 0.1) is 17.6 Å². The lowest BCUT2D eigenvalue weighted by Gasteiger charge is -2.18. The van der Waals surface area contributed by atoms with E-state index in [0.717, 1.165) is 5.69 Å². The molecule has 0 fully saturated rings. The normalized spacial score (nSPS) is 11.3. The maximum Gasteiger partial charge on any atom is 0.149 e. The molecule has 0 aliphatic rings. The summed E-state index contributed by atoms with van der Waals surface area (Å²) >= 11 is 0. The highest BCUT2D eigenvalue weighted by atomic mass is 32.2. The van der Waals surface area contributed by atoms with E-state index in [2.05, 4.69) is 4.98 Å². The predicted molar refractivity (Wildman–Crippen MR) is 61.6 cm³/mol. The van der Waals surface area contributed by atoms with Crippen LogP contribution in [0.2, 0.25) is 0 Å². The number of nitrogen functional groups attached to an aromatic ring is 1. The molecule has 2 N–H and O–H groups in total. The number of hydrogen-bond acceptors (Lipinski definition) is 5. The van der Waals surface area contributed by atoms with Gasteiger partial charge in [-0.25, -0.2) is 13.4 Å². The van der Waals surface area contributed by atoms with Gasteiger partial charge in [-0.2, -0.15) is 0 Å². The minimum Gasteiger partial charge on any atom is -0.384 e. The average Bonchev–Trinajstić information content (AvgIpc) is 2.14. The fraction of sp³-hybridized carbons (Fsp3) is 0.444. The van der Waals surface area contributed by atoms with Gasteiger partial charge in [-0.15, -0.1) is 0 Å². The lowest BCUT2D eigenvalue weighted by molar-refractivity contribution is 0.601. The first kappa shape index (κ1) is 11.8. The molecule has 0 spiro atoms. The Bertz CT molecular complexity index is 413. The summed E-state index contributed by atoms with van der Waals surface area (Å²) in [5.74, 6) is 0.587. The molecule has 0 bridgehead atoms. The molecule has 0 amide bonds. The van der Waals surface area contributed by atoms with Crippen LogP contribution in [0.4, 0.5) is 11.5 Å². The van der Waals surface area contributed by atoms with Crippen molar-refractivity contribution >= 4 is 21.3 Å². The molecular formula is C9H15N3O2S. The molecule has 6 heteroatoms. The largest absolute Gasteiger partial charge is 0.384 e. The smallest absolute Gasteiger partial charge is 0.149 e. The average molecular weight is 229 g/mol. The summed E-state index contributed by atoms with van der Waals surface area (Å²) in [6, 6.07) is 3.50. The fourth-order valence-electron chi connectivity index (χ4n) is 1.06. The molecule has 1 heterocycles. The second-order valence-corrected chi connectivity index (χ2v) is 5.75. The van der Waals surface area contributed by atoms with Gasteiger partial charge in [0.1, 0.15) is 15.7 Å². The van der Waals surface area contributed by atoms with E-state index in [1.165, 1.54) is 6.26 Å². The Morgan fingerprint density at radius 1 is 1.47 bits per heavy atom. The zero-order valence-electron chi connectivity index (χ0n) is 8.84. The van der Waals surface area contributed by atoms with Crippen molar-refractivity contribution in [2.75, 3.05) is 36.2 Å². The quantitative estimate of drug-likeness (QED) is 0.795. The number of aromatic nitrogens is 1. The molecule has 0 unspecified atom stereocenters. The van der Waals surface area contributed by atoms with Crippen LogP contribution in [0.25, 0.3) is 0 Å². The van der Waals surface area contributed by atoms with Gasteiger partial charge >= 0.3 is 0 Å².